The highest BCUT2D eigenvalue weighted by molar-refractivity contribution is 9.10. The van der Waals surface area contributed by atoms with Crippen molar-refractivity contribution in [3.63, 3.8) is 0 Å². The Bertz CT molecular complexity index is 2750. The van der Waals surface area contributed by atoms with Gasteiger partial charge in [0.1, 0.15) is 41.5 Å². The number of esters is 1. The van der Waals surface area contributed by atoms with Crippen LogP contribution in [0, 0.1) is 25.5 Å². The molecular weight excluding hydrogens is 766 g/mol. The van der Waals surface area contributed by atoms with Crippen LogP contribution in [0.4, 0.5) is 20.4 Å². The maximum Gasteiger partial charge on any atom is 0.341 e. The van der Waals surface area contributed by atoms with E-state index < -0.39 is 5.97 Å². The van der Waals surface area contributed by atoms with Crippen LogP contribution in [0.15, 0.2) is 114 Å². The molecule has 0 bridgehead atoms. The van der Waals surface area contributed by atoms with Gasteiger partial charge in [-0.3, -0.25) is 0 Å². The van der Waals surface area contributed by atoms with E-state index in [-0.39, 0.29) is 23.0 Å². The lowest BCUT2D eigenvalue weighted by Crippen LogP contribution is -2.09. The molecule has 0 aliphatic rings. The predicted octanol–water partition coefficient (Wildman–Crippen LogP) is 9.33. The number of aromatic nitrogens is 6. The number of nitrogens with two attached hydrogens (primary N) is 2. The Morgan fingerprint density at radius 2 is 1.04 bits per heavy atom. The second-order valence-corrected chi connectivity index (χ2v) is 13.3. The van der Waals surface area contributed by atoms with Gasteiger partial charge in [0, 0.05) is 44.4 Å². The monoisotopic (exact) mass is 796 g/mol. The third-order valence-corrected chi connectivity index (χ3v) is 9.62. The van der Waals surface area contributed by atoms with Crippen molar-refractivity contribution in [2.24, 2.45) is 0 Å². The summed E-state index contributed by atoms with van der Waals surface area (Å²) < 4.78 is 32.3. The van der Waals surface area contributed by atoms with Gasteiger partial charge in [-0.15, -0.1) is 0 Å². The molecule has 0 spiro atoms. The van der Waals surface area contributed by atoms with Crippen LogP contribution in [0.3, 0.4) is 0 Å². The van der Waals surface area contributed by atoms with Gasteiger partial charge < -0.3 is 16.2 Å². The van der Waals surface area contributed by atoms with Gasteiger partial charge in [-0.2, -0.15) is 0 Å². The number of nitrogens with zero attached hydrogens (tertiary/aromatic N) is 6. The lowest BCUT2D eigenvalue weighted by atomic mass is 9.96. The minimum Gasteiger partial charge on any atom is -0.465 e. The summed E-state index contributed by atoms with van der Waals surface area (Å²) in [5, 5.41) is 1.86. The summed E-state index contributed by atoms with van der Waals surface area (Å²) in [4.78, 5) is 38.2. The quantitative estimate of drug-likeness (QED) is 0.161. The number of aryl methyl sites for hydroxylation is 2. The highest BCUT2D eigenvalue weighted by atomic mass is 79.9. The van der Waals surface area contributed by atoms with E-state index in [4.69, 9.17) is 16.2 Å². The molecule has 0 aliphatic carbocycles. The number of methoxy groups -OCH3 is 1. The van der Waals surface area contributed by atoms with Crippen molar-refractivity contribution in [2.45, 2.75) is 13.8 Å². The number of carbonyl (C=O) groups excluding carboxylic acids is 1. The van der Waals surface area contributed by atoms with Gasteiger partial charge in [-0.05, 0) is 126 Å². The summed E-state index contributed by atoms with van der Waals surface area (Å²) in [7, 11) is 1.28. The van der Waals surface area contributed by atoms with Crippen LogP contribution in [-0.2, 0) is 4.74 Å². The number of hydrogen-bond donors (Lipinski definition) is 2. The Kier molecular flexibility index (Phi) is 10.2. The number of ether oxygens (including phenoxy) is 1. The van der Waals surface area contributed by atoms with E-state index >= 15 is 0 Å². The Balaban J connectivity index is 0.000000170. The lowest BCUT2D eigenvalue weighted by molar-refractivity contribution is 0.0601. The first-order valence-corrected chi connectivity index (χ1v) is 17.6. The van der Waals surface area contributed by atoms with E-state index in [9.17, 15) is 13.6 Å². The molecule has 4 aromatic heterocycles. The standard InChI is InChI=1S/C22H17FN4O2.C20H14BrFN4/c1-12-16-9-14(5-8-19(16)26-11-25-12)17-10-18(22(28)29-2)21(24)27-20(17)13-3-6-15(23)7-4-13;1-11-15-8-13(4-7-18(15)25-10-24-11)16-9-17(21)20(23)26-19(16)12-2-5-14(22)6-3-12/h3-11H,1-2H3,(H2,24,27);2-10H,1H3,(H2,23,26). The third-order valence-electron chi connectivity index (χ3n) is 8.99. The third kappa shape index (κ3) is 7.55. The van der Waals surface area contributed by atoms with Gasteiger partial charge in [0.05, 0.1) is 34.0 Å². The fourth-order valence-electron chi connectivity index (χ4n) is 6.11. The summed E-state index contributed by atoms with van der Waals surface area (Å²) in [5.74, 6) is -0.803. The number of anilines is 2. The molecule has 10 nitrogen and oxygen atoms in total. The largest absolute Gasteiger partial charge is 0.465 e. The summed E-state index contributed by atoms with van der Waals surface area (Å²) in [6, 6.07) is 27.4. The molecule has 0 saturated carbocycles. The lowest BCUT2D eigenvalue weighted by Gasteiger charge is -2.14. The smallest absolute Gasteiger partial charge is 0.341 e. The van der Waals surface area contributed by atoms with Crippen LogP contribution >= 0.6 is 15.9 Å². The molecule has 13 heteroatoms. The normalized spacial score (nSPS) is 10.9. The molecule has 4 aromatic carbocycles. The molecule has 8 aromatic rings. The van der Waals surface area contributed by atoms with Crippen molar-refractivity contribution in [2.75, 3.05) is 18.6 Å². The summed E-state index contributed by atoms with van der Waals surface area (Å²) in [5.41, 5.74) is 21.6. The summed E-state index contributed by atoms with van der Waals surface area (Å²) in [6.45, 7) is 3.85. The first kappa shape index (κ1) is 36.6. The van der Waals surface area contributed by atoms with Crippen molar-refractivity contribution < 1.29 is 18.3 Å². The Hall–Kier alpha value is -6.73. The number of rotatable bonds is 5. The number of fused-ring (bicyclic) bond motifs is 2. The first-order chi connectivity index (χ1) is 26.5. The molecule has 55 heavy (non-hydrogen) atoms. The zero-order chi connectivity index (χ0) is 38.8. The number of carbonyl (C=O) groups is 1. The second kappa shape index (κ2) is 15.3. The summed E-state index contributed by atoms with van der Waals surface area (Å²) >= 11 is 3.45. The van der Waals surface area contributed by atoms with E-state index in [0.29, 0.717) is 32.8 Å². The highest BCUT2D eigenvalue weighted by Gasteiger charge is 2.19. The molecule has 4 N–H and O–H groups in total. The second-order valence-electron chi connectivity index (χ2n) is 12.5. The van der Waals surface area contributed by atoms with Gasteiger partial charge in [-0.25, -0.2) is 43.5 Å². The van der Waals surface area contributed by atoms with Gasteiger partial charge in [-0.1, -0.05) is 12.1 Å². The van der Waals surface area contributed by atoms with Crippen LogP contribution in [0.1, 0.15) is 21.7 Å². The Labute approximate surface area is 322 Å². The maximum absolute atomic E-state index is 13.4. The molecule has 272 valence electrons. The zero-order valence-corrected chi connectivity index (χ0v) is 31.3. The molecule has 0 aliphatic heterocycles. The van der Waals surface area contributed by atoms with Crippen LogP contribution in [0.5, 0.6) is 0 Å². The highest BCUT2D eigenvalue weighted by Crippen LogP contribution is 2.37. The fourth-order valence-corrected chi connectivity index (χ4v) is 6.42. The van der Waals surface area contributed by atoms with Crippen molar-refractivity contribution in [1.82, 2.24) is 29.9 Å². The SMILES string of the molecule is COC(=O)c1cc(-c2ccc3ncnc(C)c3c2)c(-c2ccc(F)cc2)nc1N.Cc1ncnc2ccc(-c3cc(Br)c(N)nc3-c3ccc(F)cc3)cc12. The van der Waals surface area contributed by atoms with E-state index in [2.05, 4.69) is 45.8 Å². The molecule has 0 fully saturated rings. The molecule has 0 radical (unpaired) electrons. The Morgan fingerprint density at radius 1 is 0.600 bits per heavy atom. The Morgan fingerprint density at radius 3 is 1.51 bits per heavy atom. The maximum atomic E-state index is 13.4. The van der Waals surface area contributed by atoms with E-state index in [0.717, 1.165) is 55.4 Å². The fraction of sp³-hybridized carbons (Fsp3) is 0.0714. The van der Waals surface area contributed by atoms with Crippen LogP contribution in [0.2, 0.25) is 0 Å². The molecule has 8 rings (SSSR count). The molecular formula is C42H31BrF2N8O2. The number of hydrogen-bond acceptors (Lipinski definition) is 10. The van der Waals surface area contributed by atoms with Gasteiger partial charge in [0.25, 0.3) is 0 Å². The van der Waals surface area contributed by atoms with E-state index in [1.54, 1.807) is 36.7 Å². The van der Waals surface area contributed by atoms with Crippen LogP contribution < -0.4 is 11.5 Å². The number of nitrogen functional groups attached to an aromatic ring is 2. The van der Waals surface area contributed by atoms with Gasteiger partial charge in [0.15, 0.2) is 0 Å². The minimum absolute atomic E-state index is 0.0419. The summed E-state index contributed by atoms with van der Waals surface area (Å²) in [6.07, 6.45) is 3.07. The van der Waals surface area contributed by atoms with Gasteiger partial charge in [0.2, 0.25) is 0 Å². The van der Waals surface area contributed by atoms with E-state index in [1.165, 1.54) is 37.7 Å². The number of benzene rings is 4. The zero-order valence-electron chi connectivity index (χ0n) is 29.7. The van der Waals surface area contributed by atoms with E-state index in [1.807, 2.05) is 56.3 Å². The average molecular weight is 798 g/mol. The first-order valence-electron chi connectivity index (χ1n) is 16.8. The average Bonchev–Trinajstić information content (AvgIpc) is 3.19. The molecule has 0 atom stereocenters. The van der Waals surface area contributed by atoms with Crippen molar-refractivity contribution in [1.29, 1.82) is 0 Å². The van der Waals surface area contributed by atoms with Gasteiger partial charge >= 0.3 is 5.97 Å². The molecule has 4 heterocycles. The van der Waals surface area contributed by atoms with Crippen molar-refractivity contribution in [3.05, 3.63) is 143 Å². The van der Waals surface area contributed by atoms with Crippen LogP contribution in [0.25, 0.3) is 66.6 Å². The minimum atomic E-state index is -0.581. The molecule has 0 saturated heterocycles. The van der Waals surface area contributed by atoms with Crippen molar-refractivity contribution in [3.8, 4) is 44.8 Å². The number of halogens is 3. The topological polar surface area (TPSA) is 156 Å². The van der Waals surface area contributed by atoms with Crippen molar-refractivity contribution >= 4 is 55.3 Å². The molecule has 0 unspecified atom stereocenters. The predicted molar refractivity (Wildman–Crippen MR) is 214 cm³/mol. The van der Waals surface area contributed by atoms with Crippen LogP contribution in [-0.4, -0.2) is 43.0 Å². The number of pyridine rings is 2. The molecule has 0 amide bonds.